The number of carbonyl (C=O) groups excluding carboxylic acids is 1. The SMILES string of the molecule is C=CCOC12Oc3ccc(Oc4ccc(-c5ccccc5)cc4)cc3C3C(CCCCO)C(CCCCO)C=C(C(=NOC4CCCCO4)CC1N(Cc1ccc(F)cc1)C(=O)CCC1CCCC1)C32. The highest BCUT2D eigenvalue weighted by Crippen LogP contribution is 2.62. The Hall–Kier alpha value is -5.33. The molecule has 2 aliphatic heterocycles. The molecule has 0 radical (unpaired) electrons. The van der Waals surface area contributed by atoms with Crippen molar-refractivity contribution in [2.24, 2.45) is 28.8 Å². The second-order valence-corrected chi connectivity index (χ2v) is 20.0. The molecule has 0 bridgehead atoms. The number of unbranched alkanes of at least 4 members (excludes halogenated alkanes) is 2. The first-order chi connectivity index (χ1) is 34.4. The van der Waals surface area contributed by atoms with Gasteiger partial charge >= 0.3 is 0 Å². The van der Waals surface area contributed by atoms with Gasteiger partial charge in [-0.1, -0.05) is 110 Å². The average molecular weight is 955 g/mol. The summed E-state index contributed by atoms with van der Waals surface area (Å²) in [7, 11) is 0. The number of oxime groups is 1. The topological polar surface area (TPSA) is 119 Å². The van der Waals surface area contributed by atoms with E-state index >= 15 is 4.79 Å². The van der Waals surface area contributed by atoms with Gasteiger partial charge in [-0.3, -0.25) is 4.79 Å². The van der Waals surface area contributed by atoms with E-state index in [9.17, 15) is 14.6 Å². The smallest absolute Gasteiger partial charge is 0.239 e. The molecular weight excluding hydrogens is 884 g/mol. The van der Waals surface area contributed by atoms with Gasteiger partial charge in [0.25, 0.3) is 0 Å². The molecule has 3 aliphatic carbocycles. The summed E-state index contributed by atoms with van der Waals surface area (Å²) >= 11 is 0. The van der Waals surface area contributed by atoms with Crippen LogP contribution in [0.3, 0.4) is 0 Å². The Morgan fingerprint density at radius 1 is 0.843 bits per heavy atom. The van der Waals surface area contributed by atoms with Gasteiger partial charge in [0.2, 0.25) is 18.0 Å². The van der Waals surface area contributed by atoms with E-state index < -0.39 is 24.0 Å². The normalized spacial score (nSPS) is 25.6. The maximum absolute atomic E-state index is 15.3. The number of aliphatic hydroxyl groups excluding tert-OH is 2. The number of halogens is 1. The maximum atomic E-state index is 15.3. The Balaban J connectivity index is 1.20. The number of hydrogen-bond acceptors (Lipinski definition) is 9. The van der Waals surface area contributed by atoms with Gasteiger partial charge in [0.05, 0.1) is 24.8 Å². The van der Waals surface area contributed by atoms with Crippen LogP contribution in [0.1, 0.15) is 120 Å². The van der Waals surface area contributed by atoms with Crippen molar-refractivity contribution in [3.63, 3.8) is 0 Å². The quantitative estimate of drug-likeness (QED) is 0.0454. The summed E-state index contributed by atoms with van der Waals surface area (Å²) in [5, 5.41) is 25.2. The van der Waals surface area contributed by atoms with Crippen LogP contribution in [0.25, 0.3) is 11.1 Å². The monoisotopic (exact) mass is 955 g/mol. The lowest BCUT2D eigenvalue weighted by molar-refractivity contribution is -0.258. The van der Waals surface area contributed by atoms with Gasteiger partial charge in [-0.15, -0.1) is 6.58 Å². The zero-order valence-corrected chi connectivity index (χ0v) is 40.6. The summed E-state index contributed by atoms with van der Waals surface area (Å²) < 4.78 is 42.1. The van der Waals surface area contributed by atoms with Crippen molar-refractivity contribution in [3.05, 3.63) is 138 Å². The number of ether oxygens (including phenoxy) is 4. The first kappa shape index (κ1) is 49.6. The number of rotatable bonds is 22. The highest BCUT2D eigenvalue weighted by molar-refractivity contribution is 6.03. The molecule has 0 spiro atoms. The molecule has 70 heavy (non-hydrogen) atoms. The van der Waals surface area contributed by atoms with E-state index in [1.807, 2.05) is 47.4 Å². The fraction of sp³-hybridized carbons (Fsp3) is 0.492. The molecule has 3 fully saturated rings. The molecule has 4 aromatic carbocycles. The van der Waals surface area contributed by atoms with Crippen molar-refractivity contribution < 1.29 is 43.2 Å². The summed E-state index contributed by atoms with van der Waals surface area (Å²) in [4.78, 5) is 23.6. The van der Waals surface area contributed by atoms with Gasteiger partial charge in [-0.2, -0.15) is 0 Å². The predicted octanol–water partition coefficient (Wildman–Crippen LogP) is 12.4. The molecular formula is C59H71FN2O8. The van der Waals surface area contributed by atoms with Crippen molar-refractivity contribution in [2.75, 3.05) is 26.4 Å². The lowest BCUT2D eigenvalue weighted by atomic mass is 9.55. The zero-order valence-electron chi connectivity index (χ0n) is 40.6. The summed E-state index contributed by atoms with van der Waals surface area (Å²) in [5.74, 6) is 0.110. The molecule has 7 atom stereocenters. The lowest BCUT2D eigenvalue weighted by Crippen LogP contribution is -2.70. The molecule has 11 heteroatoms. The third-order valence-electron chi connectivity index (χ3n) is 15.5. The first-order valence-corrected chi connectivity index (χ1v) is 26.1. The molecule has 2 N–H and O–H groups in total. The minimum atomic E-state index is -1.43. The van der Waals surface area contributed by atoms with Crippen LogP contribution < -0.4 is 9.47 Å². The van der Waals surface area contributed by atoms with Crippen LogP contribution in [0.4, 0.5) is 4.39 Å². The van der Waals surface area contributed by atoms with Crippen molar-refractivity contribution in [1.29, 1.82) is 0 Å². The second-order valence-electron chi connectivity index (χ2n) is 20.0. The standard InChI is InChI=1S/C59H71FN2O8/c1-2-35-67-59-54(62(40-42-21-26-46(60)27-22-42)55(65)32-23-41-14-6-7-15-41)39-52(61-70-56-20-10-13-36-66-56)50-37-45(18-8-11-33-63)49(19-9-12-34-64)57(58(50)59)51-38-48(30-31-53(51)69-59)68-47-28-24-44(25-29-47)43-16-4-3-5-17-43/h2-5,16-17,21-22,24-31,37-38,41,45,49,54,56-58,63-64H,1,6-15,18-20,23,32-36,39-40H2. The van der Waals surface area contributed by atoms with Gasteiger partial charge < -0.3 is 38.9 Å². The zero-order chi connectivity index (χ0) is 48.3. The van der Waals surface area contributed by atoms with Crippen LogP contribution in [-0.2, 0) is 25.7 Å². The van der Waals surface area contributed by atoms with Crippen LogP contribution in [0.15, 0.2) is 127 Å². The molecule has 2 heterocycles. The van der Waals surface area contributed by atoms with Crippen LogP contribution >= 0.6 is 0 Å². The Morgan fingerprint density at radius 3 is 2.30 bits per heavy atom. The van der Waals surface area contributed by atoms with Crippen LogP contribution in [0.2, 0.25) is 0 Å². The van der Waals surface area contributed by atoms with Gasteiger partial charge in [0.1, 0.15) is 29.1 Å². The van der Waals surface area contributed by atoms with Crippen LogP contribution in [-0.4, -0.2) is 71.3 Å². The Bertz CT molecular complexity index is 2400. The Morgan fingerprint density at radius 2 is 1.57 bits per heavy atom. The average Bonchev–Trinajstić information content (AvgIpc) is 3.93. The summed E-state index contributed by atoms with van der Waals surface area (Å²) in [6, 6.07) is 30.1. The van der Waals surface area contributed by atoms with Gasteiger partial charge in [-0.25, -0.2) is 4.39 Å². The maximum Gasteiger partial charge on any atom is 0.239 e. The second kappa shape index (κ2) is 23.7. The molecule has 4 aromatic rings. The van der Waals surface area contributed by atoms with Crippen molar-refractivity contribution >= 4 is 11.6 Å². The Kier molecular flexibility index (Phi) is 16.8. The number of fused-ring (bicyclic) bond motifs is 2. The molecule has 7 unspecified atom stereocenters. The van der Waals surface area contributed by atoms with E-state index in [0.717, 1.165) is 97.7 Å². The first-order valence-electron chi connectivity index (χ1n) is 26.1. The molecule has 9 rings (SSSR count). The number of hydrogen-bond donors (Lipinski definition) is 2. The van der Waals surface area contributed by atoms with E-state index in [0.29, 0.717) is 49.0 Å². The third-order valence-corrected chi connectivity index (χ3v) is 15.5. The molecule has 10 nitrogen and oxygen atoms in total. The van der Waals surface area contributed by atoms with Gasteiger partial charge in [0.15, 0.2) is 0 Å². The molecule has 2 saturated carbocycles. The molecule has 1 amide bonds. The van der Waals surface area contributed by atoms with E-state index in [4.69, 9.17) is 28.9 Å². The summed E-state index contributed by atoms with van der Waals surface area (Å²) in [5.41, 5.74) is 5.67. The molecule has 372 valence electrons. The fourth-order valence-corrected chi connectivity index (χ4v) is 12.0. The fourth-order valence-electron chi connectivity index (χ4n) is 12.0. The van der Waals surface area contributed by atoms with Crippen molar-refractivity contribution in [2.45, 2.75) is 133 Å². The number of aliphatic hydroxyl groups is 2. The van der Waals surface area contributed by atoms with Crippen molar-refractivity contribution in [3.8, 4) is 28.4 Å². The number of carbonyl (C=O) groups is 1. The van der Waals surface area contributed by atoms with Gasteiger partial charge in [0, 0.05) is 50.5 Å². The summed E-state index contributed by atoms with van der Waals surface area (Å²) in [6.07, 6.45) is 16.9. The molecule has 1 saturated heterocycles. The van der Waals surface area contributed by atoms with Crippen molar-refractivity contribution in [1.82, 2.24) is 4.90 Å². The third kappa shape index (κ3) is 11.4. The van der Waals surface area contributed by atoms with E-state index in [1.54, 1.807) is 18.2 Å². The van der Waals surface area contributed by atoms with E-state index in [-0.39, 0.29) is 62.3 Å². The number of allylic oxidation sites excluding steroid dienone is 1. The lowest BCUT2D eigenvalue weighted by Gasteiger charge is -2.60. The van der Waals surface area contributed by atoms with E-state index in [1.165, 1.54) is 25.0 Å². The minimum Gasteiger partial charge on any atom is -0.459 e. The summed E-state index contributed by atoms with van der Waals surface area (Å²) in [6.45, 7) is 5.26. The van der Waals surface area contributed by atoms with Crippen LogP contribution in [0.5, 0.6) is 17.2 Å². The Labute approximate surface area is 413 Å². The van der Waals surface area contributed by atoms with Crippen LogP contribution in [0, 0.1) is 29.5 Å². The number of amides is 1. The number of benzene rings is 4. The highest BCUT2D eigenvalue weighted by atomic mass is 19.1. The largest absolute Gasteiger partial charge is 0.459 e. The molecule has 5 aliphatic rings. The van der Waals surface area contributed by atoms with Gasteiger partial charge in [-0.05, 0) is 127 Å². The number of nitrogens with zero attached hydrogens (tertiary/aromatic N) is 2. The van der Waals surface area contributed by atoms with E-state index in [2.05, 4.69) is 43.0 Å². The highest BCUT2D eigenvalue weighted by Gasteiger charge is 2.65. The molecule has 0 aromatic heterocycles. The minimum absolute atomic E-state index is 0.0173. The predicted molar refractivity (Wildman–Crippen MR) is 270 cm³/mol.